The molecule has 3 rings (SSSR count). The Morgan fingerprint density at radius 1 is 1.16 bits per heavy atom. The molecule has 25 heavy (non-hydrogen) atoms. The van der Waals surface area contributed by atoms with Crippen molar-refractivity contribution >= 4 is 11.7 Å². The molecule has 7 nitrogen and oxygen atoms in total. The highest BCUT2D eigenvalue weighted by Gasteiger charge is 2.15. The van der Waals surface area contributed by atoms with Gasteiger partial charge in [-0.25, -0.2) is 4.98 Å². The largest absolute Gasteiger partial charge is 0.354 e. The van der Waals surface area contributed by atoms with Gasteiger partial charge in [0.15, 0.2) is 0 Å². The Balaban J connectivity index is 1.51. The molecule has 1 saturated heterocycles. The van der Waals surface area contributed by atoms with E-state index >= 15 is 0 Å². The molecule has 1 fully saturated rings. The Morgan fingerprint density at radius 2 is 1.96 bits per heavy atom. The summed E-state index contributed by atoms with van der Waals surface area (Å²) >= 11 is 0. The average Bonchev–Trinajstić information content (AvgIpc) is 2.63. The van der Waals surface area contributed by atoms with Crippen LogP contribution in [0.2, 0.25) is 0 Å². The van der Waals surface area contributed by atoms with E-state index in [-0.39, 0.29) is 18.0 Å². The van der Waals surface area contributed by atoms with Crippen molar-refractivity contribution in [1.82, 2.24) is 19.8 Å². The molecule has 2 aromatic rings. The third-order valence-corrected chi connectivity index (χ3v) is 4.34. The Morgan fingerprint density at radius 3 is 2.64 bits per heavy atom. The lowest BCUT2D eigenvalue weighted by Gasteiger charge is -2.33. The van der Waals surface area contributed by atoms with Crippen LogP contribution in [0.4, 0.5) is 5.82 Å². The minimum absolute atomic E-state index is 0.0203. The van der Waals surface area contributed by atoms with Gasteiger partial charge < -0.3 is 19.7 Å². The molecule has 0 atom stereocenters. The summed E-state index contributed by atoms with van der Waals surface area (Å²) in [5.74, 6) is 0.774. The number of aromatic nitrogens is 2. The van der Waals surface area contributed by atoms with E-state index in [2.05, 4.69) is 27.1 Å². The van der Waals surface area contributed by atoms with Crippen LogP contribution in [0.25, 0.3) is 0 Å². The zero-order valence-electron chi connectivity index (χ0n) is 14.4. The van der Waals surface area contributed by atoms with Crippen molar-refractivity contribution in [3.05, 3.63) is 58.6 Å². The van der Waals surface area contributed by atoms with Crippen molar-refractivity contribution in [3.8, 4) is 0 Å². The number of nitrogens with one attached hydrogen (secondary N) is 1. The molecule has 2 aromatic heterocycles. The van der Waals surface area contributed by atoms with E-state index in [1.807, 2.05) is 12.1 Å². The Hall–Kier alpha value is -2.67. The predicted octanol–water partition coefficient (Wildman–Crippen LogP) is 0.312. The molecule has 1 N–H and O–H groups in total. The summed E-state index contributed by atoms with van der Waals surface area (Å²) in [5, 5.41) is 2.82. The van der Waals surface area contributed by atoms with E-state index in [1.165, 1.54) is 10.6 Å². The van der Waals surface area contributed by atoms with Crippen molar-refractivity contribution in [1.29, 1.82) is 0 Å². The number of hydrogen-bond acceptors (Lipinski definition) is 5. The first kappa shape index (κ1) is 17.2. The van der Waals surface area contributed by atoms with Crippen molar-refractivity contribution in [2.24, 2.45) is 0 Å². The zero-order chi connectivity index (χ0) is 17.6. The summed E-state index contributed by atoms with van der Waals surface area (Å²) in [5.41, 5.74) is 0.752. The van der Waals surface area contributed by atoms with Crippen LogP contribution in [-0.4, -0.2) is 53.6 Å². The summed E-state index contributed by atoms with van der Waals surface area (Å²) in [6, 6.07) is 8.80. The maximum absolute atomic E-state index is 12.0. The van der Waals surface area contributed by atoms with Crippen LogP contribution in [-0.2, 0) is 17.9 Å². The maximum Gasteiger partial charge on any atom is 0.250 e. The molecule has 3 heterocycles. The van der Waals surface area contributed by atoms with Crippen molar-refractivity contribution in [3.63, 3.8) is 0 Å². The normalized spacial score (nSPS) is 15.2. The molecule has 0 spiro atoms. The monoisotopic (exact) mass is 341 g/mol. The number of piperazine rings is 1. The van der Waals surface area contributed by atoms with Crippen LogP contribution < -0.4 is 15.8 Å². The molecule has 7 heteroatoms. The fourth-order valence-corrected chi connectivity index (χ4v) is 2.75. The number of rotatable bonds is 5. The number of hydrogen-bond donors (Lipinski definition) is 1. The number of amides is 1. The summed E-state index contributed by atoms with van der Waals surface area (Å²) in [4.78, 5) is 32.7. The van der Waals surface area contributed by atoms with Crippen LogP contribution in [0.3, 0.4) is 0 Å². The second-order valence-corrected chi connectivity index (χ2v) is 6.26. The quantitative estimate of drug-likeness (QED) is 0.848. The van der Waals surface area contributed by atoms with Gasteiger partial charge in [0.2, 0.25) is 5.91 Å². The molecule has 0 unspecified atom stereocenters. The van der Waals surface area contributed by atoms with Crippen LogP contribution >= 0.6 is 0 Å². The van der Waals surface area contributed by atoms with Gasteiger partial charge in [0.1, 0.15) is 12.4 Å². The Bertz CT molecular complexity index is 764. The summed E-state index contributed by atoms with van der Waals surface area (Å²) in [7, 11) is 2.13. The highest BCUT2D eigenvalue weighted by molar-refractivity contribution is 5.75. The summed E-state index contributed by atoms with van der Waals surface area (Å²) < 4.78 is 1.38. The highest BCUT2D eigenvalue weighted by Crippen LogP contribution is 2.13. The van der Waals surface area contributed by atoms with Crippen LogP contribution in [0.15, 0.2) is 47.5 Å². The lowest BCUT2D eigenvalue weighted by molar-refractivity contribution is -0.121. The average molecular weight is 341 g/mol. The lowest BCUT2D eigenvalue weighted by atomic mass is 10.2. The second-order valence-electron chi connectivity index (χ2n) is 6.26. The van der Waals surface area contributed by atoms with E-state index in [4.69, 9.17) is 0 Å². The Labute approximate surface area is 146 Å². The third kappa shape index (κ3) is 4.67. The van der Waals surface area contributed by atoms with Crippen LogP contribution in [0, 0.1) is 0 Å². The number of carbonyl (C=O) groups is 1. The van der Waals surface area contributed by atoms with Gasteiger partial charge in [-0.1, -0.05) is 12.1 Å². The number of nitrogens with zero attached hydrogens (tertiary/aromatic N) is 4. The van der Waals surface area contributed by atoms with Crippen molar-refractivity contribution in [2.45, 2.75) is 13.1 Å². The molecule has 1 aliphatic heterocycles. The Kier molecular flexibility index (Phi) is 5.45. The van der Waals surface area contributed by atoms with Gasteiger partial charge in [-0.3, -0.25) is 9.59 Å². The lowest BCUT2D eigenvalue weighted by Crippen LogP contribution is -2.44. The first-order chi connectivity index (χ1) is 12.1. The number of pyridine rings is 2. The standard InChI is InChI=1S/C18H23N5O2/c1-21-8-10-22(11-9-21)16-6-5-15(12-19-16)13-20-17(24)14-23-7-3-2-4-18(23)25/h2-7,12H,8-11,13-14H2,1H3,(H,20,24). The van der Waals surface area contributed by atoms with Gasteiger partial charge in [-0.05, 0) is 24.7 Å². The molecular formula is C18H23N5O2. The van der Waals surface area contributed by atoms with E-state index in [9.17, 15) is 9.59 Å². The van der Waals surface area contributed by atoms with E-state index in [0.717, 1.165) is 37.6 Å². The van der Waals surface area contributed by atoms with Crippen molar-refractivity contribution in [2.75, 3.05) is 38.1 Å². The number of anilines is 1. The maximum atomic E-state index is 12.0. The number of likely N-dealkylation sites (N-methyl/N-ethyl adjacent to an activating group) is 1. The van der Waals surface area contributed by atoms with Crippen molar-refractivity contribution < 1.29 is 4.79 Å². The topological polar surface area (TPSA) is 70.5 Å². The van der Waals surface area contributed by atoms with Crippen LogP contribution in [0.5, 0.6) is 0 Å². The molecule has 132 valence electrons. The highest BCUT2D eigenvalue weighted by atomic mass is 16.2. The van der Waals surface area contributed by atoms with Gasteiger partial charge in [0.05, 0.1) is 0 Å². The zero-order valence-corrected chi connectivity index (χ0v) is 14.4. The molecule has 0 bridgehead atoms. The molecule has 1 aliphatic rings. The first-order valence-corrected chi connectivity index (χ1v) is 8.42. The van der Waals surface area contributed by atoms with E-state index < -0.39 is 0 Å². The van der Waals surface area contributed by atoms with Crippen LogP contribution in [0.1, 0.15) is 5.56 Å². The van der Waals surface area contributed by atoms with E-state index in [0.29, 0.717) is 6.54 Å². The van der Waals surface area contributed by atoms with Gasteiger partial charge in [-0.15, -0.1) is 0 Å². The number of carbonyl (C=O) groups excluding carboxylic acids is 1. The van der Waals surface area contributed by atoms with Gasteiger partial charge in [0, 0.05) is 51.2 Å². The summed E-state index contributed by atoms with van der Waals surface area (Å²) in [6.45, 7) is 4.45. The fraction of sp³-hybridized carbons (Fsp3) is 0.389. The van der Waals surface area contributed by atoms with E-state index in [1.54, 1.807) is 24.5 Å². The fourth-order valence-electron chi connectivity index (χ4n) is 2.75. The third-order valence-electron chi connectivity index (χ3n) is 4.34. The minimum Gasteiger partial charge on any atom is -0.354 e. The molecule has 0 aliphatic carbocycles. The van der Waals surface area contributed by atoms with Gasteiger partial charge >= 0.3 is 0 Å². The SMILES string of the molecule is CN1CCN(c2ccc(CNC(=O)Cn3ccccc3=O)cn2)CC1. The van der Waals surface area contributed by atoms with Gasteiger partial charge in [-0.2, -0.15) is 0 Å². The second kappa shape index (κ2) is 7.94. The molecule has 0 aromatic carbocycles. The smallest absolute Gasteiger partial charge is 0.250 e. The predicted molar refractivity (Wildman–Crippen MR) is 96.5 cm³/mol. The molecule has 1 amide bonds. The summed E-state index contributed by atoms with van der Waals surface area (Å²) in [6.07, 6.45) is 3.40. The molecule has 0 saturated carbocycles. The molecule has 0 radical (unpaired) electrons. The first-order valence-electron chi connectivity index (χ1n) is 8.42. The minimum atomic E-state index is -0.198. The molecular weight excluding hydrogens is 318 g/mol. The van der Waals surface area contributed by atoms with Gasteiger partial charge in [0.25, 0.3) is 5.56 Å².